The first-order valence-corrected chi connectivity index (χ1v) is 10.9. The van der Waals surface area contributed by atoms with Crippen LogP contribution in [0.5, 0.6) is 5.75 Å². The molecule has 1 aliphatic rings. The minimum absolute atomic E-state index is 0.259. The molecule has 1 N–H and O–H groups in total. The van der Waals surface area contributed by atoms with Gasteiger partial charge in [-0.3, -0.25) is 4.90 Å². The van der Waals surface area contributed by atoms with Crippen molar-refractivity contribution in [2.45, 2.75) is 17.7 Å². The Kier molecular flexibility index (Phi) is 7.10. The van der Waals surface area contributed by atoms with Gasteiger partial charge in [0.25, 0.3) is 0 Å². The van der Waals surface area contributed by atoms with Gasteiger partial charge in [-0.15, -0.1) is 0 Å². The predicted octanol–water partition coefficient (Wildman–Crippen LogP) is 2.74. The molecule has 3 rings (SSSR count). The van der Waals surface area contributed by atoms with Crippen molar-refractivity contribution in [3.05, 3.63) is 60.2 Å². The fourth-order valence-corrected chi connectivity index (χ4v) is 4.42. The molecule has 6 heteroatoms. The standard InChI is InChI=1S/C22H26N2O3S/c1-27-21-11-13-22(14-12-21)28(25,26)23-17-20-10-6-16-24(18-20)15-5-9-19-7-3-2-4-8-19/h2-4,7-8,11-14,20,23H,6,10,15-18H2,1H3/t20-/m1/s1. The monoisotopic (exact) mass is 398 g/mol. The van der Waals surface area contributed by atoms with E-state index in [4.69, 9.17) is 4.74 Å². The lowest BCUT2D eigenvalue weighted by Crippen LogP contribution is -2.41. The highest BCUT2D eigenvalue weighted by Gasteiger charge is 2.22. The lowest BCUT2D eigenvalue weighted by atomic mass is 9.98. The summed E-state index contributed by atoms with van der Waals surface area (Å²) in [6, 6.07) is 16.4. The molecule has 0 radical (unpaired) electrons. The predicted molar refractivity (Wildman–Crippen MR) is 111 cm³/mol. The number of sulfonamides is 1. The molecule has 1 heterocycles. The number of methoxy groups -OCH3 is 1. The summed E-state index contributed by atoms with van der Waals surface area (Å²) in [5.41, 5.74) is 1.02. The maximum atomic E-state index is 12.5. The van der Waals surface area contributed by atoms with Gasteiger partial charge in [0, 0.05) is 18.7 Å². The Morgan fingerprint density at radius 1 is 1.14 bits per heavy atom. The van der Waals surface area contributed by atoms with Gasteiger partial charge in [0.15, 0.2) is 0 Å². The van der Waals surface area contributed by atoms with Crippen LogP contribution in [0.3, 0.4) is 0 Å². The Bertz CT molecular complexity index is 916. The molecule has 0 saturated carbocycles. The van der Waals surface area contributed by atoms with Gasteiger partial charge in [-0.1, -0.05) is 30.0 Å². The number of rotatable bonds is 6. The van der Waals surface area contributed by atoms with Gasteiger partial charge >= 0.3 is 0 Å². The maximum Gasteiger partial charge on any atom is 0.240 e. The average molecular weight is 399 g/mol. The highest BCUT2D eigenvalue weighted by molar-refractivity contribution is 7.89. The fraction of sp³-hybridized carbons (Fsp3) is 0.364. The van der Waals surface area contributed by atoms with Crippen LogP contribution < -0.4 is 9.46 Å². The maximum absolute atomic E-state index is 12.5. The van der Waals surface area contributed by atoms with E-state index in [1.807, 2.05) is 30.3 Å². The Labute approximate surface area is 167 Å². The molecule has 5 nitrogen and oxygen atoms in total. The van der Waals surface area contributed by atoms with Crippen molar-refractivity contribution >= 4 is 10.0 Å². The van der Waals surface area contributed by atoms with E-state index in [0.717, 1.165) is 31.5 Å². The van der Waals surface area contributed by atoms with Crippen molar-refractivity contribution in [1.29, 1.82) is 0 Å². The number of hydrogen-bond acceptors (Lipinski definition) is 4. The third kappa shape index (κ3) is 5.83. The molecule has 0 spiro atoms. The fourth-order valence-electron chi connectivity index (χ4n) is 3.30. The molecule has 2 aromatic carbocycles. The van der Waals surface area contributed by atoms with E-state index in [1.54, 1.807) is 31.4 Å². The summed E-state index contributed by atoms with van der Waals surface area (Å²) in [6.07, 6.45) is 2.08. The zero-order chi connectivity index (χ0) is 19.8. The zero-order valence-corrected chi connectivity index (χ0v) is 16.9. The lowest BCUT2D eigenvalue weighted by Gasteiger charge is -2.31. The summed E-state index contributed by atoms with van der Waals surface area (Å²) in [7, 11) is -1.95. The highest BCUT2D eigenvalue weighted by atomic mass is 32.2. The van der Waals surface area contributed by atoms with Crippen LogP contribution in [0.15, 0.2) is 59.5 Å². The van der Waals surface area contributed by atoms with Crippen LogP contribution in [-0.4, -0.2) is 46.6 Å². The van der Waals surface area contributed by atoms with E-state index in [-0.39, 0.29) is 4.90 Å². The molecule has 0 amide bonds. The van der Waals surface area contributed by atoms with Crippen LogP contribution in [0.1, 0.15) is 18.4 Å². The minimum atomic E-state index is -3.51. The van der Waals surface area contributed by atoms with Crippen molar-refractivity contribution < 1.29 is 13.2 Å². The molecule has 1 fully saturated rings. The SMILES string of the molecule is COc1ccc(S(=O)(=O)NC[C@H]2CCCN(CC#Cc3ccccc3)C2)cc1. The Hall–Kier alpha value is -2.33. The van der Waals surface area contributed by atoms with Gasteiger partial charge in [0.05, 0.1) is 18.6 Å². The van der Waals surface area contributed by atoms with Crippen molar-refractivity contribution in [3.63, 3.8) is 0 Å². The van der Waals surface area contributed by atoms with Gasteiger partial charge < -0.3 is 4.74 Å². The summed E-state index contributed by atoms with van der Waals surface area (Å²) >= 11 is 0. The first kappa shape index (κ1) is 20.4. The van der Waals surface area contributed by atoms with E-state index < -0.39 is 10.0 Å². The van der Waals surface area contributed by atoms with Crippen molar-refractivity contribution in [2.24, 2.45) is 5.92 Å². The summed E-state index contributed by atoms with van der Waals surface area (Å²) in [4.78, 5) is 2.56. The minimum Gasteiger partial charge on any atom is -0.497 e. The van der Waals surface area contributed by atoms with Crippen molar-refractivity contribution in [1.82, 2.24) is 9.62 Å². The molecule has 1 atom stereocenters. The third-order valence-electron chi connectivity index (χ3n) is 4.84. The van der Waals surface area contributed by atoms with Crippen LogP contribution >= 0.6 is 0 Å². The van der Waals surface area contributed by atoms with Crippen molar-refractivity contribution in [2.75, 3.05) is 33.3 Å². The van der Waals surface area contributed by atoms with E-state index in [0.29, 0.717) is 24.8 Å². The molecule has 0 unspecified atom stereocenters. The van der Waals surface area contributed by atoms with Gasteiger partial charge in [-0.05, 0) is 61.7 Å². The molecule has 0 bridgehead atoms. The number of hydrogen-bond donors (Lipinski definition) is 1. The second-order valence-corrected chi connectivity index (χ2v) is 8.71. The molecule has 2 aromatic rings. The summed E-state index contributed by atoms with van der Waals surface area (Å²) in [6.45, 7) is 3.01. The Morgan fingerprint density at radius 3 is 2.61 bits per heavy atom. The number of ether oxygens (including phenoxy) is 1. The van der Waals surface area contributed by atoms with Gasteiger partial charge in [-0.25, -0.2) is 13.1 Å². The van der Waals surface area contributed by atoms with E-state index >= 15 is 0 Å². The second kappa shape index (κ2) is 9.74. The topological polar surface area (TPSA) is 58.6 Å². The molecule has 1 saturated heterocycles. The first-order valence-electron chi connectivity index (χ1n) is 9.47. The molecule has 28 heavy (non-hydrogen) atoms. The number of piperidine rings is 1. The quantitative estimate of drug-likeness (QED) is 0.760. The molecular weight excluding hydrogens is 372 g/mol. The van der Waals surface area contributed by atoms with E-state index in [1.165, 1.54) is 0 Å². The third-order valence-corrected chi connectivity index (χ3v) is 6.28. The van der Waals surface area contributed by atoms with Gasteiger partial charge in [-0.2, -0.15) is 0 Å². The number of likely N-dealkylation sites (tertiary alicyclic amines) is 1. The Balaban J connectivity index is 1.51. The smallest absolute Gasteiger partial charge is 0.240 e. The first-order chi connectivity index (χ1) is 13.6. The van der Waals surface area contributed by atoms with Crippen LogP contribution in [0.2, 0.25) is 0 Å². The molecule has 0 aliphatic carbocycles. The summed E-state index contributed by atoms with van der Waals surface area (Å²) in [5, 5.41) is 0. The number of nitrogens with zero attached hydrogens (tertiary/aromatic N) is 1. The average Bonchev–Trinajstić information content (AvgIpc) is 2.73. The van der Waals surface area contributed by atoms with Crippen LogP contribution in [0.25, 0.3) is 0 Å². The second-order valence-electron chi connectivity index (χ2n) is 6.94. The summed E-state index contributed by atoms with van der Waals surface area (Å²) in [5.74, 6) is 7.34. The van der Waals surface area contributed by atoms with E-state index in [9.17, 15) is 8.42 Å². The van der Waals surface area contributed by atoms with E-state index in [2.05, 4.69) is 21.5 Å². The van der Waals surface area contributed by atoms with Crippen LogP contribution in [0.4, 0.5) is 0 Å². The highest BCUT2D eigenvalue weighted by Crippen LogP contribution is 2.18. The molecule has 0 aromatic heterocycles. The molecule has 148 valence electrons. The zero-order valence-electron chi connectivity index (χ0n) is 16.1. The normalized spacial score (nSPS) is 17.5. The number of benzene rings is 2. The van der Waals surface area contributed by atoms with Crippen LogP contribution in [0, 0.1) is 17.8 Å². The molecular formula is C22H26N2O3S. The largest absolute Gasteiger partial charge is 0.497 e. The van der Waals surface area contributed by atoms with Crippen LogP contribution in [-0.2, 0) is 10.0 Å². The van der Waals surface area contributed by atoms with Gasteiger partial charge in [0.1, 0.15) is 5.75 Å². The summed E-state index contributed by atoms with van der Waals surface area (Å²) < 4.78 is 32.8. The lowest BCUT2D eigenvalue weighted by molar-refractivity contribution is 0.195. The number of nitrogens with one attached hydrogen (secondary N) is 1. The Morgan fingerprint density at radius 2 is 1.89 bits per heavy atom. The van der Waals surface area contributed by atoms with Crippen molar-refractivity contribution in [3.8, 4) is 17.6 Å². The molecule has 1 aliphatic heterocycles. The van der Waals surface area contributed by atoms with Gasteiger partial charge in [0.2, 0.25) is 10.0 Å².